The molecule has 1 aliphatic carbocycles. The number of ether oxygens (including phenoxy) is 1. The molecule has 3 aromatic rings. The number of aromatic nitrogens is 4. The van der Waals surface area contributed by atoms with Crippen LogP contribution in [0.2, 0.25) is 0 Å². The minimum absolute atomic E-state index is 0.0965. The summed E-state index contributed by atoms with van der Waals surface area (Å²) in [5, 5.41) is 22.8. The molecule has 1 aromatic carbocycles. The minimum Gasteiger partial charge on any atom is -0.507 e. The van der Waals surface area contributed by atoms with Crippen molar-refractivity contribution in [2.45, 2.75) is 37.5 Å². The van der Waals surface area contributed by atoms with Gasteiger partial charge < -0.3 is 20.1 Å². The lowest BCUT2D eigenvalue weighted by Gasteiger charge is -2.33. The molecule has 2 aliphatic rings. The number of hydrogen-bond donors (Lipinski definition) is 2. The molecule has 0 radical (unpaired) electrons. The van der Waals surface area contributed by atoms with Gasteiger partial charge in [-0.1, -0.05) is 6.07 Å². The van der Waals surface area contributed by atoms with Crippen LogP contribution in [0.5, 0.6) is 11.6 Å². The summed E-state index contributed by atoms with van der Waals surface area (Å²) in [6.07, 6.45) is 3.03. The van der Waals surface area contributed by atoms with Crippen LogP contribution in [0.3, 0.4) is 0 Å². The van der Waals surface area contributed by atoms with Crippen molar-refractivity contribution in [3.8, 4) is 34.1 Å². The zero-order chi connectivity index (χ0) is 22.1. The second-order valence-corrected chi connectivity index (χ2v) is 8.32. The highest BCUT2D eigenvalue weighted by Crippen LogP contribution is 2.33. The Morgan fingerprint density at radius 2 is 1.94 bits per heavy atom. The Balaban J connectivity index is 1.27. The predicted octanol–water partition coefficient (Wildman–Crippen LogP) is 2.98. The van der Waals surface area contributed by atoms with E-state index >= 15 is 0 Å². The number of halogens is 1. The summed E-state index contributed by atoms with van der Waals surface area (Å²) in [6.45, 7) is 1.73. The highest BCUT2D eigenvalue weighted by molar-refractivity contribution is 5.73. The van der Waals surface area contributed by atoms with Gasteiger partial charge in [0.05, 0.1) is 18.5 Å². The Hall–Kier alpha value is -3.33. The predicted molar refractivity (Wildman–Crippen MR) is 118 cm³/mol. The molecule has 32 heavy (non-hydrogen) atoms. The number of methoxy groups -OCH3 is 1. The summed E-state index contributed by atoms with van der Waals surface area (Å²) in [7, 11) is 1.54. The molecule has 2 aromatic heterocycles. The lowest BCUT2D eigenvalue weighted by atomic mass is 9.90. The fraction of sp³-hybridized carbons (Fsp3) is 0.391. The molecular formula is C23H25FN6O2. The van der Waals surface area contributed by atoms with Gasteiger partial charge in [0.15, 0.2) is 5.82 Å². The van der Waals surface area contributed by atoms with Crippen LogP contribution in [0.25, 0.3) is 22.5 Å². The van der Waals surface area contributed by atoms with Gasteiger partial charge in [0, 0.05) is 42.4 Å². The zero-order valence-electron chi connectivity index (χ0n) is 17.8. The summed E-state index contributed by atoms with van der Waals surface area (Å²) in [4.78, 5) is 10.4. The third-order valence-corrected chi connectivity index (χ3v) is 6.14. The van der Waals surface area contributed by atoms with Crippen LogP contribution in [0, 0.1) is 0 Å². The molecule has 5 rings (SSSR count). The maximum atomic E-state index is 13.0. The van der Waals surface area contributed by atoms with Gasteiger partial charge in [0.2, 0.25) is 5.88 Å². The molecule has 0 bridgehead atoms. The number of nitrogens with one attached hydrogen (secondary N) is 1. The summed E-state index contributed by atoms with van der Waals surface area (Å²) >= 11 is 0. The Labute approximate surface area is 185 Å². The molecule has 9 heteroatoms. The Bertz CT molecular complexity index is 1090. The SMILES string of the molecule is COc1cc(-c2ccc(-c3ccc(N4CC[C@H](N[C@H]5C[C@@H](F)C5)C4)nn3)c(O)c2)ncn1. The smallest absolute Gasteiger partial charge is 0.216 e. The fourth-order valence-electron chi connectivity index (χ4n) is 4.28. The first kappa shape index (κ1) is 20.6. The fourth-order valence-corrected chi connectivity index (χ4v) is 4.28. The third-order valence-electron chi connectivity index (χ3n) is 6.14. The van der Waals surface area contributed by atoms with Crippen LogP contribution in [0.1, 0.15) is 19.3 Å². The summed E-state index contributed by atoms with van der Waals surface area (Å²) in [5.41, 5.74) is 2.59. The van der Waals surface area contributed by atoms with Crippen LogP contribution < -0.4 is 15.0 Å². The van der Waals surface area contributed by atoms with E-state index in [9.17, 15) is 9.50 Å². The van der Waals surface area contributed by atoms with E-state index < -0.39 is 6.17 Å². The van der Waals surface area contributed by atoms with Gasteiger partial charge in [-0.25, -0.2) is 14.4 Å². The van der Waals surface area contributed by atoms with E-state index in [4.69, 9.17) is 4.74 Å². The first-order valence-electron chi connectivity index (χ1n) is 10.8. The maximum Gasteiger partial charge on any atom is 0.216 e. The van der Waals surface area contributed by atoms with Gasteiger partial charge >= 0.3 is 0 Å². The van der Waals surface area contributed by atoms with E-state index in [1.165, 1.54) is 6.33 Å². The average Bonchev–Trinajstić information content (AvgIpc) is 3.27. The number of benzene rings is 1. The topological polar surface area (TPSA) is 96.3 Å². The van der Waals surface area contributed by atoms with E-state index in [-0.39, 0.29) is 5.75 Å². The number of anilines is 1. The molecule has 1 atom stereocenters. The van der Waals surface area contributed by atoms with E-state index in [2.05, 4.69) is 30.4 Å². The van der Waals surface area contributed by atoms with Crippen molar-refractivity contribution in [3.63, 3.8) is 0 Å². The van der Waals surface area contributed by atoms with Gasteiger partial charge in [-0.2, -0.15) is 0 Å². The summed E-state index contributed by atoms with van der Waals surface area (Å²) < 4.78 is 18.2. The molecule has 166 valence electrons. The molecule has 3 heterocycles. The van der Waals surface area contributed by atoms with Gasteiger partial charge in [-0.3, -0.25) is 0 Å². The van der Waals surface area contributed by atoms with Gasteiger partial charge in [-0.15, -0.1) is 10.2 Å². The molecular weight excluding hydrogens is 411 g/mol. The van der Waals surface area contributed by atoms with Crippen LogP contribution in [0.15, 0.2) is 42.7 Å². The van der Waals surface area contributed by atoms with Crippen molar-refractivity contribution in [1.29, 1.82) is 0 Å². The molecule has 1 saturated carbocycles. The van der Waals surface area contributed by atoms with Crippen LogP contribution in [0.4, 0.5) is 10.2 Å². The van der Waals surface area contributed by atoms with E-state index in [0.29, 0.717) is 47.8 Å². The van der Waals surface area contributed by atoms with Crippen molar-refractivity contribution in [1.82, 2.24) is 25.5 Å². The summed E-state index contributed by atoms with van der Waals surface area (Å²) in [6, 6.07) is 11.5. The molecule has 0 amide bonds. The molecule has 0 unspecified atom stereocenters. The van der Waals surface area contributed by atoms with Crippen molar-refractivity contribution < 1.29 is 14.2 Å². The molecule has 0 spiro atoms. The molecule has 2 N–H and O–H groups in total. The third kappa shape index (κ3) is 4.20. The summed E-state index contributed by atoms with van der Waals surface area (Å²) in [5.74, 6) is 1.36. The van der Waals surface area contributed by atoms with Crippen molar-refractivity contribution in [2.24, 2.45) is 0 Å². The van der Waals surface area contributed by atoms with Crippen LogP contribution in [-0.2, 0) is 0 Å². The number of nitrogens with zero attached hydrogens (tertiary/aromatic N) is 5. The molecule has 1 saturated heterocycles. The van der Waals surface area contributed by atoms with Gasteiger partial charge in [0.25, 0.3) is 0 Å². The average molecular weight is 436 g/mol. The Morgan fingerprint density at radius 1 is 1.06 bits per heavy atom. The molecule has 8 nitrogen and oxygen atoms in total. The first-order chi connectivity index (χ1) is 15.6. The van der Waals surface area contributed by atoms with Gasteiger partial charge in [0.1, 0.15) is 18.2 Å². The Morgan fingerprint density at radius 3 is 2.66 bits per heavy atom. The largest absolute Gasteiger partial charge is 0.507 e. The highest BCUT2D eigenvalue weighted by atomic mass is 19.1. The normalized spacial score (nSPS) is 22.6. The number of rotatable bonds is 6. The number of hydrogen-bond acceptors (Lipinski definition) is 8. The number of aromatic hydroxyl groups is 1. The second-order valence-electron chi connectivity index (χ2n) is 8.32. The maximum absolute atomic E-state index is 13.0. The van der Waals surface area contributed by atoms with Crippen molar-refractivity contribution in [3.05, 3.63) is 42.7 Å². The van der Waals surface area contributed by atoms with E-state index in [1.807, 2.05) is 18.2 Å². The quantitative estimate of drug-likeness (QED) is 0.609. The van der Waals surface area contributed by atoms with Crippen LogP contribution in [-0.4, -0.2) is 63.7 Å². The number of phenols is 1. The molecule has 1 aliphatic heterocycles. The second kappa shape index (κ2) is 8.66. The highest BCUT2D eigenvalue weighted by Gasteiger charge is 2.33. The van der Waals surface area contributed by atoms with E-state index in [1.54, 1.807) is 25.3 Å². The number of phenolic OH excluding ortho intramolecular Hbond substituents is 1. The lowest BCUT2D eigenvalue weighted by Crippen LogP contribution is -2.48. The van der Waals surface area contributed by atoms with E-state index in [0.717, 1.165) is 30.9 Å². The van der Waals surface area contributed by atoms with Crippen molar-refractivity contribution in [2.75, 3.05) is 25.1 Å². The molecule has 2 fully saturated rings. The Kier molecular flexibility index (Phi) is 5.57. The van der Waals surface area contributed by atoms with Crippen molar-refractivity contribution >= 4 is 5.82 Å². The zero-order valence-corrected chi connectivity index (χ0v) is 17.8. The van der Waals surface area contributed by atoms with Crippen LogP contribution >= 0.6 is 0 Å². The minimum atomic E-state index is -0.641. The standard InChI is InChI=1S/C23H25FN6O2/c1-32-23-11-20(25-13-26-23)14-2-3-18(21(31)8-14)19-4-5-22(29-28-19)30-7-6-16(12-30)27-17-9-15(24)10-17/h2-5,8,11,13,15-17,27,31H,6-7,9-10,12H2,1H3/t15-,16-,17+/m0/s1. The number of alkyl halides is 1. The lowest BCUT2D eigenvalue weighted by molar-refractivity contribution is 0.148. The first-order valence-corrected chi connectivity index (χ1v) is 10.8. The monoisotopic (exact) mass is 436 g/mol. The van der Waals surface area contributed by atoms with Gasteiger partial charge in [-0.05, 0) is 43.5 Å².